The maximum Gasteiger partial charge on any atom is 0.255 e. The van der Waals surface area contributed by atoms with Crippen molar-refractivity contribution in [2.24, 2.45) is 5.41 Å². The largest absolute Gasteiger partial charge is 0.339 e. The summed E-state index contributed by atoms with van der Waals surface area (Å²) in [5.41, 5.74) is 0.477. The van der Waals surface area contributed by atoms with Gasteiger partial charge in [-0.1, -0.05) is 0 Å². The summed E-state index contributed by atoms with van der Waals surface area (Å²) in [6, 6.07) is 3.32. The summed E-state index contributed by atoms with van der Waals surface area (Å²) in [5, 5.41) is 0. The number of hydrogen-bond acceptors (Lipinski definition) is 4. The number of piperidine rings is 2. The van der Waals surface area contributed by atoms with Crippen molar-refractivity contribution >= 4 is 11.8 Å². The van der Waals surface area contributed by atoms with Gasteiger partial charge in [-0.2, -0.15) is 0 Å². The molecular formula is C20H28N4O3. The van der Waals surface area contributed by atoms with E-state index in [-0.39, 0.29) is 16.9 Å². The first-order valence-electron chi connectivity index (χ1n) is 9.92. The predicted molar refractivity (Wildman–Crippen MR) is 101 cm³/mol. The molecule has 3 saturated heterocycles. The minimum atomic E-state index is -0.200. The third-order valence-corrected chi connectivity index (χ3v) is 6.64. The maximum absolute atomic E-state index is 12.7. The van der Waals surface area contributed by atoms with Crippen LogP contribution in [-0.2, 0) is 4.79 Å². The van der Waals surface area contributed by atoms with E-state index in [0.717, 1.165) is 45.3 Å². The summed E-state index contributed by atoms with van der Waals surface area (Å²) in [5.74, 6) is 0.273. The second-order valence-electron chi connectivity index (χ2n) is 8.46. The molecule has 4 rings (SSSR count). The minimum absolute atomic E-state index is 0.0257. The van der Waals surface area contributed by atoms with Gasteiger partial charge in [-0.25, -0.2) is 0 Å². The van der Waals surface area contributed by atoms with Crippen LogP contribution in [0.4, 0.5) is 0 Å². The van der Waals surface area contributed by atoms with Gasteiger partial charge >= 0.3 is 0 Å². The first-order valence-corrected chi connectivity index (χ1v) is 9.92. The fourth-order valence-electron chi connectivity index (χ4n) is 4.86. The quantitative estimate of drug-likeness (QED) is 0.838. The number of carbonyl (C=O) groups excluding carboxylic acids is 2. The number of H-pyrrole nitrogens is 1. The number of nitrogens with zero attached hydrogens (tertiary/aromatic N) is 3. The van der Waals surface area contributed by atoms with Gasteiger partial charge in [-0.3, -0.25) is 14.4 Å². The van der Waals surface area contributed by atoms with E-state index in [9.17, 15) is 14.4 Å². The lowest BCUT2D eigenvalue weighted by atomic mass is 9.72. The molecule has 1 aromatic heterocycles. The van der Waals surface area contributed by atoms with Crippen molar-refractivity contribution < 1.29 is 9.59 Å². The highest BCUT2D eigenvalue weighted by Crippen LogP contribution is 2.41. The fraction of sp³-hybridized carbons (Fsp3) is 0.650. The Hall–Kier alpha value is -2.15. The van der Waals surface area contributed by atoms with Crippen LogP contribution in [-0.4, -0.2) is 77.3 Å². The van der Waals surface area contributed by atoms with Gasteiger partial charge in [0.25, 0.3) is 5.91 Å². The van der Waals surface area contributed by atoms with Gasteiger partial charge < -0.3 is 19.7 Å². The summed E-state index contributed by atoms with van der Waals surface area (Å²) in [6.07, 6.45) is 6.00. The summed E-state index contributed by atoms with van der Waals surface area (Å²) in [4.78, 5) is 45.3. The van der Waals surface area contributed by atoms with Crippen LogP contribution in [0.2, 0.25) is 0 Å². The first-order chi connectivity index (χ1) is 13.0. The molecule has 0 bridgehead atoms. The molecule has 0 radical (unpaired) electrons. The van der Waals surface area contributed by atoms with Gasteiger partial charge in [-0.15, -0.1) is 0 Å². The fourth-order valence-corrected chi connectivity index (χ4v) is 4.86. The van der Waals surface area contributed by atoms with Crippen LogP contribution in [0.15, 0.2) is 23.1 Å². The molecule has 3 fully saturated rings. The Morgan fingerprint density at radius 3 is 2.56 bits per heavy atom. The molecule has 1 N–H and O–H groups in total. The number of likely N-dealkylation sites (N-methyl/N-ethyl adjacent to an activating group) is 1. The molecule has 1 aromatic rings. The minimum Gasteiger partial charge on any atom is -0.339 e. The van der Waals surface area contributed by atoms with Gasteiger partial charge in [0.1, 0.15) is 0 Å². The topological polar surface area (TPSA) is 76.7 Å². The molecule has 0 aromatic carbocycles. The monoisotopic (exact) mass is 372 g/mol. The highest BCUT2D eigenvalue weighted by atomic mass is 16.2. The number of carbonyl (C=O) groups is 2. The lowest BCUT2D eigenvalue weighted by Crippen LogP contribution is -2.55. The zero-order valence-corrected chi connectivity index (χ0v) is 15.9. The van der Waals surface area contributed by atoms with Gasteiger partial charge in [0.05, 0.1) is 5.56 Å². The number of aromatic nitrogens is 1. The molecule has 2 amide bonds. The predicted octanol–water partition coefficient (Wildman–Crippen LogP) is 0.924. The van der Waals surface area contributed by atoms with Crippen LogP contribution in [0.5, 0.6) is 0 Å². The average molecular weight is 372 g/mol. The highest BCUT2D eigenvalue weighted by molar-refractivity contribution is 5.93. The summed E-state index contributed by atoms with van der Waals surface area (Å²) in [6.45, 7) is 4.29. The Bertz CT molecular complexity index is 761. The third-order valence-electron chi connectivity index (χ3n) is 6.64. The molecule has 3 aliphatic rings. The van der Waals surface area contributed by atoms with E-state index in [1.165, 1.54) is 12.3 Å². The number of nitrogens with one attached hydrogen (secondary N) is 1. The van der Waals surface area contributed by atoms with Crippen molar-refractivity contribution in [1.29, 1.82) is 0 Å². The van der Waals surface area contributed by atoms with Crippen molar-refractivity contribution in [3.63, 3.8) is 0 Å². The lowest BCUT2D eigenvalue weighted by molar-refractivity contribution is -0.141. The molecule has 7 nitrogen and oxygen atoms in total. The van der Waals surface area contributed by atoms with Crippen molar-refractivity contribution in [3.8, 4) is 0 Å². The van der Waals surface area contributed by atoms with Crippen LogP contribution < -0.4 is 5.56 Å². The van der Waals surface area contributed by atoms with E-state index in [1.54, 1.807) is 6.07 Å². The molecule has 0 aliphatic carbocycles. The van der Waals surface area contributed by atoms with E-state index >= 15 is 0 Å². The van der Waals surface area contributed by atoms with E-state index in [4.69, 9.17) is 0 Å². The van der Waals surface area contributed by atoms with E-state index < -0.39 is 0 Å². The zero-order valence-electron chi connectivity index (χ0n) is 15.9. The smallest absolute Gasteiger partial charge is 0.255 e. The molecule has 0 saturated carbocycles. The second kappa shape index (κ2) is 7.11. The average Bonchev–Trinajstić information content (AvgIpc) is 3.11. The molecule has 1 atom stereocenters. The van der Waals surface area contributed by atoms with Crippen LogP contribution >= 0.6 is 0 Å². The second-order valence-corrected chi connectivity index (χ2v) is 8.46. The lowest BCUT2D eigenvalue weighted by Gasteiger charge is -2.49. The molecule has 146 valence electrons. The third kappa shape index (κ3) is 3.65. The molecule has 0 unspecified atom stereocenters. The molecule has 3 aliphatic heterocycles. The SMILES string of the molecule is CN1CC[C@@H](N2CC3(CCC2=O)CCN(C(=O)c2ccc(=O)[nH]c2)CC3)C1. The van der Waals surface area contributed by atoms with Crippen LogP contribution in [0.1, 0.15) is 42.5 Å². The van der Waals surface area contributed by atoms with Crippen molar-refractivity contribution in [2.45, 2.75) is 38.1 Å². The van der Waals surface area contributed by atoms with Crippen molar-refractivity contribution in [2.75, 3.05) is 39.8 Å². The van der Waals surface area contributed by atoms with Gasteiger partial charge in [-0.05, 0) is 50.8 Å². The Morgan fingerprint density at radius 2 is 1.93 bits per heavy atom. The summed E-state index contributed by atoms with van der Waals surface area (Å²) < 4.78 is 0. The van der Waals surface area contributed by atoms with E-state index in [0.29, 0.717) is 37.0 Å². The van der Waals surface area contributed by atoms with Crippen LogP contribution in [0.3, 0.4) is 0 Å². The van der Waals surface area contributed by atoms with Crippen LogP contribution in [0.25, 0.3) is 0 Å². The summed E-state index contributed by atoms with van der Waals surface area (Å²) in [7, 11) is 2.12. The highest BCUT2D eigenvalue weighted by Gasteiger charge is 2.44. The van der Waals surface area contributed by atoms with Gasteiger partial charge in [0, 0.05) is 50.9 Å². The summed E-state index contributed by atoms with van der Waals surface area (Å²) >= 11 is 0. The van der Waals surface area contributed by atoms with Crippen LogP contribution in [0, 0.1) is 5.41 Å². The normalized spacial score (nSPS) is 26.0. The molecule has 4 heterocycles. The molecule has 27 heavy (non-hydrogen) atoms. The number of hydrogen-bond donors (Lipinski definition) is 1. The first kappa shape index (κ1) is 18.2. The Labute approximate surface area is 159 Å². The maximum atomic E-state index is 12.7. The Balaban J connectivity index is 1.40. The van der Waals surface area contributed by atoms with Gasteiger partial charge in [0.2, 0.25) is 11.5 Å². The van der Waals surface area contributed by atoms with E-state index in [1.807, 2.05) is 4.90 Å². The Morgan fingerprint density at radius 1 is 1.15 bits per heavy atom. The van der Waals surface area contributed by atoms with E-state index in [2.05, 4.69) is 21.8 Å². The zero-order chi connectivity index (χ0) is 19.0. The Kier molecular flexibility index (Phi) is 4.80. The van der Waals surface area contributed by atoms with Crippen molar-refractivity contribution in [1.82, 2.24) is 19.7 Å². The standard InChI is InChI=1S/C20H28N4O3/c1-22-9-5-16(13-22)24-14-20(6-4-18(24)26)7-10-23(11-8-20)19(27)15-2-3-17(25)21-12-15/h2-3,12,16H,4-11,13-14H2,1H3,(H,21,25)/t16-/m1/s1. The number of amides is 2. The number of likely N-dealkylation sites (tertiary alicyclic amines) is 3. The van der Waals surface area contributed by atoms with Crippen molar-refractivity contribution in [3.05, 3.63) is 34.2 Å². The van der Waals surface area contributed by atoms with Gasteiger partial charge in [0.15, 0.2) is 0 Å². The number of rotatable bonds is 2. The number of aromatic amines is 1. The molecule has 1 spiro atoms. The molecular weight excluding hydrogens is 344 g/mol. The number of pyridine rings is 1. The molecule has 7 heteroatoms.